The number of anilines is 1. The van der Waals surface area contributed by atoms with E-state index < -0.39 is 4.92 Å². The van der Waals surface area contributed by atoms with Crippen molar-refractivity contribution in [1.82, 2.24) is 4.98 Å². The third-order valence-corrected chi connectivity index (χ3v) is 4.10. The normalized spacial score (nSPS) is 16.6. The monoisotopic (exact) mass is 299 g/mol. The van der Waals surface area contributed by atoms with Crippen molar-refractivity contribution < 1.29 is 4.92 Å². The van der Waals surface area contributed by atoms with Crippen LogP contribution in [0.25, 0.3) is 0 Å². The van der Waals surface area contributed by atoms with Gasteiger partial charge in [-0.05, 0) is 48.5 Å². The molecule has 0 radical (unpaired) electrons. The number of aromatic nitrogens is 1. The highest BCUT2D eigenvalue weighted by atomic mass is 79.9. The fraction of sp³-hybridized carbons (Fsp3) is 0.545. The van der Waals surface area contributed by atoms with Crippen LogP contribution in [0.3, 0.4) is 0 Å². The summed E-state index contributed by atoms with van der Waals surface area (Å²) in [4.78, 5) is 14.4. The quantitative estimate of drug-likeness (QED) is 0.684. The molecule has 1 unspecified atom stereocenters. The van der Waals surface area contributed by atoms with Gasteiger partial charge in [0, 0.05) is 11.6 Å². The Bertz CT molecular complexity index is 460. The standard InChI is InChI=1S/C11H14BrN3O2/c1-6-9(15(16)17)5-13-11(10(6)12)14-7(2)8-3-4-8/h5,7-8H,3-4H2,1-2H3,(H,13,14). The SMILES string of the molecule is Cc1c([N+](=O)[O-])cnc(NC(C)C2CC2)c1Br. The Morgan fingerprint density at radius 1 is 1.65 bits per heavy atom. The van der Waals surface area contributed by atoms with E-state index in [-0.39, 0.29) is 5.69 Å². The van der Waals surface area contributed by atoms with Gasteiger partial charge in [-0.15, -0.1) is 0 Å². The highest BCUT2D eigenvalue weighted by Gasteiger charge is 2.29. The topological polar surface area (TPSA) is 68.1 Å². The van der Waals surface area contributed by atoms with Gasteiger partial charge in [0.1, 0.15) is 12.0 Å². The van der Waals surface area contributed by atoms with Crippen LogP contribution in [-0.4, -0.2) is 15.9 Å². The number of hydrogen-bond donors (Lipinski definition) is 1. The summed E-state index contributed by atoms with van der Waals surface area (Å²) >= 11 is 3.37. The first-order valence-electron chi connectivity index (χ1n) is 5.56. The van der Waals surface area contributed by atoms with E-state index >= 15 is 0 Å². The molecule has 6 heteroatoms. The van der Waals surface area contributed by atoms with Crippen molar-refractivity contribution >= 4 is 27.4 Å². The van der Waals surface area contributed by atoms with E-state index in [1.807, 2.05) is 0 Å². The largest absolute Gasteiger partial charge is 0.366 e. The van der Waals surface area contributed by atoms with E-state index in [1.54, 1.807) is 6.92 Å². The lowest BCUT2D eigenvalue weighted by Crippen LogP contribution is -2.18. The van der Waals surface area contributed by atoms with Crippen molar-refractivity contribution in [1.29, 1.82) is 0 Å². The van der Waals surface area contributed by atoms with Gasteiger partial charge in [0.15, 0.2) is 0 Å². The third kappa shape index (κ3) is 2.57. The van der Waals surface area contributed by atoms with E-state index in [0.717, 1.165) is 0 Å². The number of rotatable bonds is 4. The van der Waals surface area contributed by atoms with Gasteiger partial charge >= 0.3 is 0 Å². The summed E-state index contributed by atoms with van der Waals surface area (Å²) in [5.74, 6) is 1.40. The van der Waals surface area contributed by atoms with Gasteiger partial charge in [0.05, 0.1) is 9.40 Å². The summed E-state index contributed by atoms with van der Waals surface area (Å²) in [5.41, 5.74) is 0.650. The first-order chi connectivity index (χ1) is 8.00. The van der Waals surface area contributed by atoms with Crippen LogP contribution < -0.4 is 5.32 Å². The molecule has 0 saturated heterocycles. The molecule has 1 heterocycles. The van der Waals surface area contributed by atoms with Crippen LogP contribution in [0.1, 0.15) is 25.3 Å². The van der Waals surface area contributed by atoms with Gasteiger partial charge < -0.3 is 5.32 Å². The van der Waals surface area contributed by atoms with E-state index in [0.29, 0.717) is 27.8 Å². The third-order valence-electron chi connectivity index (χ3n) is 3.13. The Hall–Kier alpha value is -1.17. The van der Waals surface area contributed by atoms with Crippen LogP contribution in [0.5, 0.6) is 0 Å². The molecule has 17 heavy (non-hydrogen) atoms. The van der Waals surface area contributed by atoms with Crippen LogP contribution in [0.4, 0.5) is 11.5 Å². The van der Waals surface area contributed by atoms with Crippen molar-refractivity contribution in [3.05, 3.63) is 26.3 Å². The van der Waals surface area contributed by atoms with Crippen molar-refractivity contribution in [2.75, 3.05) is 5.32 Å². The van der Waals surface area contributed by atoms with E-state index in [2.05, 4.69) is 33.2 Å². The van der Waals surface area contributed by atoms with Gasteiger partial charge in [-0.3, -0.25) is 10.1 Å². The molecule has 1 atom stereocenters. The average molecular weight is 300 g/mol. The molecule has 1 aromatic rings. The molecule has 92 valence electrons. The van der Waals surface area contributed by atoms with Crippen LogP contribution in [-0.2, 0) is 0 Å². The number of halogens is 1. The Morgan fingerprint density at radius 2 is 2.29 bits per heavy atom. The molecule has 0 bridgehead atoms. The lowest BCUT2D eigenvalue weighted by Gasteiger charge is -2.15. The van der Waals surface area contributed by atoms with Crippen LogP contribution in [0.15, 0.2) is 10.7 Å². The smallest absolute Gasteiger partial charge is 0.291 e. The molecule has 0 aromatic carbocycles. The van der Waals surface area contributed by atoms with Crippen molar-refractivity contribution in [3.63, 3.8) is 0 Å². The second-order valence-corrected chi connectivity index (χ2v) is 5.25. The first kappa shape index (κ1) is 12.3. The second-order valence-electron chi connectivity index (χ2n) is 4.46. The van der Waals surface area contributed by atoms with Gasteiger partial charge in [-0.25, -0.2) is 4.98 Å². The average Bonchev–Trinajstić information content (AvgIpc) is 3.08. The fourth-order valence-electron chi connectivity index (χ4n) is 1.78. The minimum atomic E-state index is -0.415. The Morgan fingerprint density at radius 3 is 2.82 bits per heavy atom. The van der Waals surface area contributed by atoms with E-state index in [9.17, 15) is 10.1 Å². The van der Waals surface area contributed by atoms with Crippen molar-refractivity contribution in [2.24, 2.45) is 5.92 Å². The molecular weight excluding hydrogens is 286 g/mol. The molecule has 1 aliphatic rings. The molecule has 0 amide bonds. The molecule has 1 aromatic heterocycles. The van der Waals surface area contributed by atoms with Crippen molar-refractivity contribution in [3.8, 4) is 0 Å². The minimum Gasteiger partial charge on any atom is -0.366 e. The van der Waals surface area contributed by atoms with Crippen LogP contribution in [0, 0.1) is 23.0 Å². The summed E-state index contributed by atoms with van der Waals surface area (Å²) in [5, 5.41) is 14.0. The number of hydrogen-bond acceptors (Lipinski definition) is 4. The molecule has 2 rings (SSSR count). The number of nitrogens with zero attached hydrogens (tertiary/aromatic N) is 2. The Kier molecular flexibility index (Phi) is 3.33. The fourth-order valence-corrected chi connectivity index (χ4v) is 2.20. The molecule has 1 N–H and O–H groups in total. The summed E-state index contributed by atoms with van der Waals surface area (Å²) in [6, 6.07) is 0.361. The minimum absolute atomic E-state index is 0.0431. The Balaban J connectivity index is 2.23. The van der Waals surface area contributed by atoms with E-state index in [4.69, 9.17) is 0 Å². The zero-order valence-corrected chi connectivity index (χ0v) is 11.3. The summed E-state index contributed by atoms with van der Waals surface area (Å²) in [7, 11) is 0. The Labute approximate surface area is 108 Å². The molecular formula is C11H14BrN3O2. The predicted molar refractivity (Wildman–Crippen MR) is 69.1 cm³/mol. The summed E-state index contributed by atoms with van der Waals surface area (Å²) < 4.78 is 0.680. The maximum atomic E-state index is 10.8. The van der Waals surface area contributed by atoms with Crippen molar-refractivity contribution in [2.45, 2.75) is 32.7 Å². The highest BCUT2D eigenvalue weighted by molar-refractivity contribution is 9.10. The lowest BCUT2D eigenvalue weighted by atomic mass is 10.2. The maximum absolute atomic E-state index is 10.8. The molecule has 1 saturated carbocycles. The predicted octanol–water partition coefficient (Wildman–Crippen LogP) is 3.27. The van der Waals surface area contributed by atoms with Gasteiger partial charge in [0.25, 0.3) is 5.69 Å². The number of nitro groups is 1. The molecule has 5 nitrogen and oxygen atoms in total. The highest BCUT2D eigenvalue weighted by Crippen LogP contribution is 2.36. The summed E-state index contributed by atoms with van der Waals surface area (Å²) in [6.45, 7) is 3.83. The molecule has 1 fully saturated rings. The van der Waals surface area contributed by atoms with Gasteiger partial charge in [-0.2, -0.15) is 0 Å². The van der Waals surface area contributed by atoms with Crippen LogP contribution in [0.2, 0.25) is 0 Å². The molecule has 1 aliphatic carbocycles. The number of pyridine rings is 1. The van der Waals surface area contributed by atoms with Gasteiger partial charge in [0.2, 0.25) is 0 Å². The van der Waals surface area contributed by atoms with Gasteiger partial charge in [-0.1, -0.05) is 0 Å². The lowest BCUT2D eigenvalue weighted by molar-refractivity contribution is -0.385. The zero-order chi connectivity index (χ0) is 12.6. The first-order valence-corrected chi connectivity index (χ1v) is 6.36. The van der Waals surface area contributed by atoms with Crippen LogP contribution >= 0.6 is 15.9 Å². The molecule has 0 spiro atoms. The second kappa shape index (κ2) is 4.60. The number of nitrogens with one attached hydrogen (secondary N) is 1. The summed E-state index contributed by atoms with van der Waals surface area (Å²) in [6.07, 6.45) is 3.80. The maximum Gasteiger partial charge on any atom is 0.291 e. The van der Waals surface area contributed by atoms with E-state index in [1.165, 1.54) is 19.0 Å². The molecule has 0 aliphatic heterocycles. The zero-order valence-electron chi connectivity index (χ0n) is 9.74.